The van der Waals surface area contributed by atoms with Crippen molar-refractivity contribution in [3.05, 3.63) is 33.9 Å². The number of nitriles is 1. The van der Waals surface area contributed by atoms with E-state index in [0.29, 0.717) is 12.4 Å². The molecular formula is C13H16N2O3. The lowest BCUT2D eigenvalue weighted by molar-refractivity contribution is -0.385. The molecule has 0 bridgehead atoms. The van der Waals surface area contributed by atoms with Gasteiger partial charge in [0.2, 0.25) is 0 Å². The highest BCUT2D eigenvalue weighted by Gasteiger charge is 2.14. The zero-order chi connectivity index (χ0) is 13.4. The predicted molar refractivity (Wildman–Crippen MR) is 67.4 cm³/mol. The van der Waals surface area contributed by atoms with Gasteiger partial charge in [-0.25, -0.2) is 0 Å². The summed E-state index contributed by atoms with van der Waals surface area (Å²) in [5.74, 6) is 0.442. The molecule has 1 aromatic carbocycles. The number of nitro benzene ring substituents is 1. The van der Waals surface area contributed by atoms with Crippen LogP contribution in [0.1, 0.15) is 38.2 Å². The number of ether oxygens (including phenoxy) is 1. The summed E-state index contributed by atoms with van der Waals surface area (Å²) in [6.07, 6.45) is 4.34. The third-order valence-corrected chi connectivity index (χ3v) is 2.55. The molecule has 5 heteroatoms. The third-order valence-electron chi connectivity index (χ3n) is 2.55. The maximum Gasteiger partial charge on any atom is 0.290 e. The molecule has 1 rings (SSSR count). The summed E-state index contributed by atoms with van der Waals surface area (Å²) >= 11 is 0. The molecule has 0 aliphatic heterocycles. The van der Waals surface area contributed by atoms with E-state index in [4.69, 9.17) is 10.00 Å². The average molecular weight is 248 g/mol. The Morgan fingerprint density at radius 1 is 1.39 bits per heavy atom. The molecule has 0 aliphatic rings. The van der Waals surface area contributed by atoms with Gasteiger partial charge in [-0.3, -0.25) is 10.1 Å². The number of rotatable bonds is 7. The SMILES string of the molecule is CCCCCCOc1ccc(C#N)c([N+](=O)[O-])c1. The van der Waals surface area contributed by atoms with Crippen molar-refractivity contribution in [2.24, 2.45) is 0 Å². The highest BCUT2D eigenvalue weighted by Crippen LogP contribution is 2.24. The van der Waals surface area contributed by atoms with Crippen molar-refractivity contribution >= 4 is 5.69 Å². The van der Waals surface area contributed by atoms with Crippen LogP contribution in [-0.4, -0.2) is 11.5 Å². The number of nitro groups is 1. The van der Waals surface area contributed by atoms with Crippen molar-refractivity contribution in [3.63, 3.8) is 0 Å². The lowest BCUT2D eigenvalue weighted by atomic mass is 10.2. The molecule has 0 unspecified atom stereocenters. The fourth-order valence-electron chi connectivity index (χ4n) is 1.57. The van der Waals surface area contributed by atoms with Crippen LogP contribution in [-0.2, 0) is 0 Å². The topological polar surface area (TPSA) is 76.2 Å². The van der Waals surface area contributed by atoms with Gasteiger partial charge in [0.1, 0.15) is 17.4 Å². The molecule has 0 spiro atoms. The third kappa shape index (κ3) is 4.06. The average Bonchev–Trinajstić information content (AvgIpc) is 2.38. The zero-order valence-corrected chi connectivity index (χ0v) is 10.4. The van der Waals surface area contributed by atoms with E-state index < -0.39 is 4.92 Å². The van der Waals surface area contributed by atoms with E-state index in [9.17, 15) is 10.1 Å². The maximum atomic E-state index is 10.7. The quantitative estimate of drug-likeness (QED) is 0.421. The molecular weight excluding hydrogens is 232 g/mol. The highest BCUT2D eigenvalue weighted by molar-refractivity contribution is 5.52. The molecule has 0 radical (unpaired) electrons. The van der Waals surface area contributed by atoms with Crippen molar-refractivity contribution in [2.75, 3.05) is 6.61 Å². The molecule has 5 nitrogen and oxygen atoms in total. The Balaban J connectivity index is 2.60. The normalized spacial score (nSPS) is 9.78. The minimum atomic E-state index is -0.567. The molecule has 0 N–H and O–H groups in total. The van der Waals surface area contributed by atoms with E-state index in [1.807, 2.05) is 0 Å². The minimum Gasteiger partial charge on any atom is -0.493 e. The molecule has 0 aliphatic carbocycles. The molecule has 0 heterocycles. The van der Waals surface area contributed by atoms with E-state index in [2.05, 4.69) is 6.92 Å². The van der Waals surface area contributed by atoms with Crippen LogP contribution < -0.4 is 4.74 Å². The summed E-state index contributed by atoms with van der Waals surface area (Å²) in [4.78, 5) is 10.2. The van der Waals surface area contributed by atoms with Gasteiger partial charge in [0.15, 0.2) is 0 Å². The maximum absolute atomic E-state index is 10.7. The Hall–Kier alpha value is -2.09. The Kier molecular flexibility index (Phi) is 5.65. The molecule has 0 aromatic heterocycles. The minimum absolute atomic E-state index is 0.0540. The Morgan fingerprint density at radius 2 is 2.17 bits per heavy atom. The molecule has 0 atom stereocenters. The summed E-state index contributed by atoms with van der Waals surface area (Å²) in [5.41, 5.74) is -0.151. The van der Waals surface area contributed by atoms with Gasteiger partial charge < -0.3 is 4.74 Å². The molecule has 96 valence electrons. The highest BCUT2D eigenvalue weighted by atomic mass is 16.6. The fraction of sp³-hybridized carbons (Fsp3) is 0.462. The molecule has 0 saturated heterocycles. The summed E-state index contributed by atoms with van der Waals surface area (Å²) in [6, 6.07) is 6.10. The van der Waals surface area contributed by atoms with Crippen LogP contribution in [0.15, 0.2) is 18.2 Å². The lowest BCUT2D eigenvalue weighted by Gasteiger charge is -2.06. The molecule has 0 amide bonds. The van der Waals surface area contributed by atoms with Crippen LogP contribution in [0.5, 0.6) is 5.75 Å². The summed E-state index contributed by atoms with van der Waals surface area (Å²) in [7, 11) is 0. The molecule has 18 heavy (non-hydrogen) atoms. The first kappa shape index (κ1) is 14.0. The molecule has 1 aromatic rings. The van der Waals surface area contributed by atoms with Gasteiger partial charge in [0, 0.05) is 0 Å². The first-order valence-electron chi connectivity index (χ1n) is 6.00. The first-order valence-corrected chi connectivity index (χ1v) is 6.00. The number of benzene rings is 1. The predicted octanol–water partition coefficient (Wildman–Crippen LogP) is 3.43. The second-order valence-corrected chi connectivity index (χ2v) is 3.96. The molecule has 0 fully saturated rings. The van der Waals surface area contributed by atoms with Crippen molar-refractivity contribution in [2.45, 2.75) is 32.6 Å². The van der Waals surface area contributed by atoms with Crippen LogP contribution >= 0.6 is 0 Å². The van der Waals surface area contributed by atoms with Crippen LogP contribution in [0.3, 0.4) is 0 Å². The summed E-state index contributed by atoms with van der Waals surface area (Å²) in [6.45, 7) is 2.67. The second-order valence-electron chi connectivity index (χ2n) is 3.96. The fourth-order valence-corrected chi connectivity index (χ4v) is 1.57. The van der Waals surface area contributed by atoms with E-state index >= 15 is 0 Å². The smallest absolute Gasteiger partial charge is 0.290 e. The van der Waals surface area contributed by atoms with Crippen LogP contribution in [0.2, 0.25) is 0 Å². The van der Waals surface area contributed by atoms with Crippen LogP contribution in [0.25, 0.3) is 0 Å². The van der Waals surface area contributed by atoms with Crippen molar-refractivity contribution in [1.82, 2.24) is 0 Å². The summed E-state index contributed by atoms with van der Waals surface area (Å²) < 4.78 is 5.43. The lowest BCUT2D eigenvalue weighted by Crippen LogP contribution is -1.99. The Morgan fingerprint density at radius 3 is 2.78 bits per heavy atom. The summed E-state index contributed by atoms with van der Waals surface area (Å²) in [5, 5.41) is 19.5. The van der Waals surface area contributed by atoms with Gasteiger partial charge in [-0.1, -0.05) is 26.2 Å². The van der Waals surface area contributed by atoms with E-state index in [-0.39, 0.29) is 11.3 Å². The monoisotopic (exact) mass is 248 g/mol. The van der Waals surface area contributed by atoms with Gasteiger partial charge in [-0.05, 0) is 18.6 Å². The van der Waals surface area contributed by atoms with Gasteiger partial charge in [-0.2, -0.15) is 5.26 Å². The zero-order valence-electron chi connectivity index (χ0n) is 10.4. The first-order chi connectivity index (χ1) is 8.69. The van der Waals surface area contributed by atoms with Gasteiger partial charge in [0.05, 0.1) is 17.6 Å². The Labute approximate surface area is 106 Å². The second kappa shape index (κ2) is 7.28. The largest absolute Gasteiger partial charge is 0.493 e. The number of nitrogens with zero attached hydrogens (tertiary/aromatic N) is 2. The van der Waals surface area contributed by atoms with Crippen molar-refractivity contribution in [1.29, 1.82) is 5.26 Å². The van der Waals surface area contributed by atoms with Gasteiger partial charge in [0.25, 0.3) is 5.69 Å². The van der Waals surface area contributed by atoms with Crippen LogP contribution in [0.4, 0.5) is 5.69 Å². The number of hydrogen-bond donors (Lipinski definition) is 0. The van der Waals surface area contributed by atoms with Crippen LogP contribution in [0, 0.1) is 21.4 Å². The molecule has 0 saturated carbocycles. The van der Waals surface area contributed by atoms with Crippen molar-refractivity contribution in [3.8, 4) is 11.8 Å². The van der Waals surface area contributed by atoms with Gasteiger partial charge >= 0.3 is 0 Å². The van der Waals surface area contributed by atoms with Crippen molar-refractivity contribution < 1.29 is 9.66 Å². The standard InChI is InChI=1S/C13H16N2O3/c1-2-3-4-5-8-18-12-7-6-11(10-14)13(9-12)15(16)17/h6-7,9H,2-5,8H2,1H3. The van der Waals surface area contributed by atoms with E-state index in [1.54, 1.807) is 12.1 Å². The number of unbranched alkanes of at least 4 members (excludes halogenated alkanes) is 3. The van der Waals surface area contributed by atoms with E-state index in [0.717, 1.165) is 25.7 Å². The van der Waals surface area contributed by atoms with E-state index in [1.165, 1.54) is 12.1 Å². The van der Waals surface area contributed by atoms with Gasteiger partial charge in [-0.15, -0.1) is 0 Å². The Bertz CT molecular complexity index is 452. The number of hydrogen-bond acceptors (Lipinski definition) is 4.